The van der Waals surface area contributed by atoms with Crippen molar-refractivity contribution in [1.82, 2.24) is 4.98 Å². The zero-order valence-corrected chi connectivity index (χ0v) is 9.10. The molecule has 78 valence electrons. The number of pyridine rings is 1. The lowest BCUT2D eigenvalue weighted by Gasteiger charge is -2.24. The summed E-state index contributed by atoms with van der Waals surface area (Å²) in [5.74, 6) is 0.976. The van der Waals surface area contributed by atoms with Crippen LogP contribution in [-0.4, -0.2) is 4.98 Å². The van der Waals surface area contributed by atoms with Crippen LogP contribution in [0, 0.1) is 0 Å². The molecule has 0 aromatic carbocycles. The predicted molar refractivity (Wildman–Crippen MR) is 59.7 cm³/mol. The lowest BCUT2D eigenvalue weighted by atomic mass is 9.81. The minimum atomic E-state index is -0.120. The molecule has 0 N–H and O–H groups in total. The lowest BCUT2D eigenvalue weighted by Crippen LogP contribution is -2.23. The molecule has 1 unspecified atom stereocenters. The van der Waals surface area contributed by atoms with Gasteiger partial charge < -0.3 is 4.42 Å². The van der Waals surface area contributed by atoms with Gasteiger partial charge in [0.2, 0.25) is 0 Å². The minimum absolute atomic E-state index is 0.120. The zero-order valence-electron chi connectivity index (χ0n) is 9.10. The summed E-state index contributed by atoms with van der Waals surface area (Å²) in [7, 11) is 0. The van der Waals surface area contributed by atoms with Crippen LogP contribution in [0.1, 0.15) is 31.7 Å². The van der Waals surface area contributed by atoms with Gasteiger partial charge in [0.15, 0.2) is 0 Å². The highest BCUT2D eigenvalue weighted by molar-refractivity contribution is 5.27. The van der Waals surface area contributed by atoms with Crippen LogP contribution >= 0.6 is 0 Å². The van der Waals surface area contributed by atoms with Crippen molar-refractivity contribution in [1.29, 1.82) is 0 Å². The molecular formula is C13H15NO. The van der Waals surface area contributed by atoms with E-state index in [0.29, 0.717) is 0 Å². The lowest BCUT2D eigenvalue weighted by molar-refractivity contribution is 0.392. The zero-order chi connectivity index (χ0) is 10.7. The molecule has 2 heteroatoms. The van der Waals surface area contributed by atoms with Gasteiger partial charge >= 0.3 is 0 Å². The highest BCUT2D eigenvalue weighted by atomic mass is 16.3. The van der Waals surface area contributed by atoms with E-state index in [0.717, 1.165) is 17.9 Å². The number of hydrogen-bond acceptors (Lipinski definition) is 2. The van der Waals surface area contributed by atoms with E-state index in [9.17, 15) is 0 Å². The largest absolute Gasteiger partial charge is 0.468 e. The number of furan rings is 1. The van der Waals surface area contributed by atoms with E-state index in [-0.39, 0.29) is 5.41 Å². The summed E-state index contributed by atoms with van der Waals surface area (Å²) < 4.78 is 5.50. The van der Waals surface area contributed by atoms with Crippen LogP contribution in [0.5, 0.6) is 0 Å². The smallest absolute Gasteiger partial charge is 0.115 e. The van der Waals surface area contributed by atoms with Gasteiger partial charge in [0.25, 0.3) is 0 Å². The SMILES string of the molecule is CCC(C)(c1ccccn1)c1ccco1. The van der Waals surface area contributed by atoms with E-state index < -0.39 is 0 Å². The number of nitrogens with zero attached hydrogens (tertiary/aromatic N) is 1. The van der Waals surface area contributed by atoms with Crippen LogP contribution in [0.4, 0.5) is 0 Å². The van der Waals surface area contributed by atoms with Crippen molar-refractivity contribution in [2.24, 2.45) is 0 Å². The summed E-state index contributed by atoms with van der Waals surface area (Å²) in [6.07, 6.45) is 4.51. The third kappa shape index (κ3) is 1.67. The van der Waals surface area contributed by atoms with E-state index in [1.54, 1.807) is 6.26 Å². The van der Waals surface area contributed by atoms with E-state index in [1.165, 1.54) is 0 Å². The fourth-order valence-electron chi connectivity index (χ4n) is 1.76. The first-order valence-corrected chi connectivity index (χ1v) is 5.23. The molecule has 2 nitrogen and oxygen atoms in total. The van der Waals surface area contributed by atoms with E-state index in [1.807, 2.05) is 36.5 Å². The summed E-state index contributed by atoms with van der Waals surface area (Å²) in [5, 5.41) is 0. The molecule has 0 saturated heterocycles. The van der Waals surface area contributed by atoms with Gasteiger partial charge in [-0.15, -0.1) is 0 Å². The monoisotopic (exact) mass is 201 g/mol. The second kappa shape index (κ2) is 3.89. The molecule has 0 spiro atoms. The molecule has 0 saturated carbocycles. The molecular weight excluding hydrogens is 186 g/mol. The first-order valence-electron chi connectivity index (χ1n) is 5.23. The van der Waals surface area contributed by atoms with Crippen molar-refractivity contribution >= 4 is 0 Å². The fourth-order valence-corrected chi connectivity index (χ4v) is 1.76. The standard InChI is InChI=1S/C13H15NO/c1-3-13(2,12-8-6-10-15-12)11-7-4-5-9-14-11/h4-10H,3H2,1-2H3. The van der Waals surface area contributed by atoms with Crippen molar-refractivity contribution < 1.29 is 4.42 Å². The van der Waals surface area contributed by atoms with E-state index >= 15 is 0 Å². The van der Waals surface area contributed by atoms with Crippen LogP contribution in [0.25, 0.3) is 0 Å². The van der Waals surface area contributed by atoms with Gasteiger partial charge in [0.1, 0.15) is 5.76 Å². The quantitative estimate of drug-likeness (QED) is 0.760. The molecule has 0 bridgehead atoms. The molecule has 0 aliphatic heterocycles. The van der Waals surface area contributed by atoms with Crippen LogP contribution in [0.3, 0.4) is 0 Å². The highest BCUT2D eigenvalue weighted by Crippen LogP contribution is 2.33. The van der Waals surface area contributed by atoms with Crippen LogP contribution < -0.4 is 0 Å². The molecule has 0 aliphatic rings. The van der Waals surface area contributed by atoms with E-state index in [4.69, 9.17) is 4.42 Å². The van der Waals surface area contributed by atoms with Gasteiger partial charge in [0.05, 0.1) is 17.4 Å². The Morgan fingerprint density at radius 2 is 2.13 bits per heavy atom. The molecule has 2 aromatic heterocycles. The van der Waals surface area contributed by atoms with Crippen molar-refractivity contribution in [3.05, 3.63) is 54.2 Å². The van der Waals surface area contributed by atoms with Gasteiger partial charge in [0, 0.05) is 6.20 Å². The Hall–Kier alpha value is -1.57. The molecule has 2 rings (SSSR count). The van der Waals surface area contributed by atoms with Gasteiger partial charge in [-0.2, -0.15) is 0 Å². The van der Waals surface area contributed by atoms with Crippen molar-refractivity contribution in [2.45, 2.75) is 25.7 Å². The Balaban J connectivity index is 2.47. The summed E-state index contributed by atoms with van der Waals surface area (Å²) in [6, 6.07) is 9.93. The molecule has 1 atom stereocenters. The molecule has 0 amide bonds. The Kier molecular flexibility index (Phi) is 2.58. The molecule has 0 aliphatic carbocycles. The Labute approximate surface area is 90.0 Å². The first-order chi connectivity index (χ1) is 7.27. The predicted octanol–water partition coefficient (Wildman–Crippen LogP) is 3.39. The molecule has 2 aromatic rings. The first kappa shape index (κ1) is 9.97. The molecule has 2 heterocycles. The highest BCUT2D eigenvalue weighted by Gasteiger charge is 2.30. The number of hydrogen-bond donors (Lipinski definition) is 0. The average molecular weight is 201 g/mol. The average Bonchev–Trinajstić information content (AvgIpc) is 2.83. The van der Waals surface area contributed by atoms with Gasteiger partial charge in [-0.1, -0.05) is 13.0 Å². The van der Waals surface area contributed by atoms with Crippen molar-refractivity contribution in [3.63, 3.8) is 0 Å². The van der Waals surface area contributed by atoms with Crippen LogP contribution in [0.15, 0.2) is 47.2 Å². The normalized spacial score (nSPS) is 14.8. The third-order valence-electron chi connectivity index (χ3n) is 3.00. The minimum Gasteiger partial charge on any atom is -0.468 e. The van der Waals surface area contributed by atoms with Gasteiger partial charge in [-0.3, -0.25) is 4.98 Å². The van der Waals surface area contributed by atoms with E-state index in [2.05, 4.69) is 18.8 Å². The maximum atomic E-state index is 5.50. The Morgan fingerprint density at radius 1 is 1.27 bits per heavy atom. The molecule has 0 radical (unpaired) electrons. The summed E-state index contributed by atoms with van der Waals surface area (Å²) in [6.45, 7) is 4.31. The maximum Gasteiger partial charge on any atom is 0.115 e. The van der Waals surface area contributed by atoms with Gasteiger partial charge in [-0.25, -0.2) is 0 Å². The van der Waals surface area contributed by atoms with Crippen LogP contribution in [-0.2, 0) is 5.41 Å². The van der Waals surface area contributed by atoms with Crippen LogP contribution in [0.2, 0.25) is 0 Å². The molecule has 0 fully saturated rings. The Morgan fingerprint density at radius 3 is 2.67 bits per heavy atom. The maximum absolute atomic E-state index is 5.50. The van der Waals surface area contributed by atoms with Gasteiger partial charge in [-0.05, 0) is 37.6 Å². The number of rotatable bonds is 3. The topological polar surface area (TPSA) is 26.0 Å². The second-order valence-electron chi connectivity index (χ2n) is 3.88. The Bertz CT molecular complexity index is 407. The molecule has 15 heavy (non-hydrogen) atoms. The fraction of sp³-hybridized carbons (Fsp3) is 0.308. The van der Waals surface area contributed by atoms with Crippen molar-refractivity contribution in [3.8, 4) is 0 Å². The number of aromatic nitrogens is 1. The summed E-state index contributed by atoms with van der Waals surface area (Å²) >= 11 is 0. The summed E-state index contributed by atoms with van der Waals surface area (Å²) in [5.41, 5.74) is 0.938. The second-order valence-corrected chi connectivity index (χ2v) is 3.88. The van der Waals surface area contributed by atoms with Crippen molar-refractivity contribution in [2.75, 3.05) is 0 Å². The summed E-state index contributed by atoms with van der Waals surface area (Å²) in [4.78, 5) is 4.42. The third-order valence-corrected chi connectivity index (χ3v) is 3.00.